The average molecular weight is 547 g/mol. The van der Waals surface area contributed by atoms with Gasteiger partial charge in [0, 0.05) is 22.3 Å². The van der Waals surface area contributed by atoms with Crippen molar-refractivity contribution in [1.29, 1.82) is 0 Å². The fourth-order valence-corrected chi connectivity index (χ4v) is 6.34. The van der Waals surface area contributed by atoms with Crippen LogP contribution in [0.1, 0.15) is 73.6 Å². The summed E-state index contributed by atoms with van der Waals surface area (Å²) in [6.45, 7) is 18.2. The van der Waals surface area contributed by atoms with Gasteiger partial charge in [0.2, 0.25) is 0 Å². The van der Waals surface area contributed by atoms with Gasteiger partial charge in [-0.1, -0.05) is 52.5 Å². The highest BCUT2D eigenvalue weighted by atomic mass is 16.6. The number of hydrogen-bond acceptors (Lipinski definition) is 9. The van der Waals surface area contributed by atoms with E-state index in [1.54, 1.807) is 40.7 Å². The molecule has 9 heteroatoms. The van der Waals surface area contributed by atoms with E-state index in [2.05, 4.69) is 13.2 Å². The topological polar surface area (TPSA) is 136 Å². The Morgan fingerprint density at radius 1 is 1.26 bits per heavy atom. The molecule has 216 valence electrons. The summed E-state index contributed by atoms with van der Waals surface area (Å²) >= 11 is 0. The summed E-state index contributed by atoms with van der Waals surface area (Å²) < 4.78 is 16.9. The van der Waals surface area contributed by atoms with E-state index in [9.17, 15) is 29.4 Å². The van der Waals surface area contributed by atoms with Crippen LogP contribution in [-0.4, -0.2) is 64.4 Å². The van der Waals surface area contributed by atoms with Crippen LogP contribution in [0.25, 0.3) is 0 Å². The third-order valence-electron chi connectivity index (χ3n) is 9.43. The van der Waals surface area contributed by atoms with Gasteiger partial charge in [0.15, 0.2) is 5.78 Å². The maximum Gasteiger partial charge on any atom is 0.333 e. The van der Waals surface area contributed by atoms with Crippen LogP contribution in [0.15, 0.2) is 36.0 Å². The smallest absolute Gasteiger partial charge is 0.333 e. The zero-order valence-corrected chi connectivity index (χ0v) is 23.9. The third kappa shape index (κ3) is 5.23. The SMILES string of the molecule is C=C1C(=O)C(O)C2(C)C(=C)CCC(OC(=O)C(C)CC)C2C1(C)CC(OC(=O)C(C)=CC)C1(O)COC(=O)C1. The molecule has 8 atom stereocenters. The van der Waals surface area contributed by atoms with Crippen LogP contribution in [0.2, 0.25) is 0 Å². The number of allylic oxidation sites excluding steroid dienone is 1. The van der Waals surface area contributed by atoms with Gasteiger partial charge in [-0.15, -0.1) is 0 Å². The highest BCUT2D eigenvalue weighted by Crippen LogP contribution is 2.62. The van der Waals surface area contributed by atoms with Gasteiger partial charge in [-0.3, -0.25) is 14.4 Å². The first kappa shape index (κ1) is 30.8. The lowest BCUT2D eigenvalue weighted by molar-refractivity contribution is -0.188. The molecule has 1 saturated heterocycles. The van der Waals surface area contributed by atoms with Gasteiger partial charge in [-0.05, 0) is 45.1 Å². The number of rotatable bonds is 8. The van der Waals surface area contributed by atoms with Crippen molar-refractivity contribution in [2.75, 3.05) is 6.61 Å². The van der Waals surface area contributed by atoms with E-state index in [1.165, 1.54) is 0 Å². The Labute approximate surface area is 230 Å². The molecule has 2 aliphatic carbocycles. The summed E-state index contributed by atoms with van der Waals surface area (Å²) in [4.78, 5) is 51.4. The number of aliphatic hydroxyl groups is 2. The lowest BCUT2D eigenvalue weighted by atomic mass is 9.45. The van der Waals surface area contributed by atoms with Crippen molar-refractivity contribution in [3.8, 4) is 0 Å². The zero-order valence-electron chi connectivity index (χ0n) is 23.9. The molecule has 3 fully saturated rings. The molecule has 3 aliphatic rings. The summed E-state index contributed by atoms with van der Waals surface area (Å²) in [5.41, 5.74) is -3.28. The summed E-state index contributed by atoms with van der Waals surface area (Å²) in [7, 11) is 0. The molecule has 8 unspecified atom stereocenters. The van der Waals surface area contributed by atoms with Gasteiger partial charge in [0.25, 0.3) is 0 Å². The predicted octanol–water partition coefficient (Wildman–Crippen LogP) is 3.37. The molecule has 0 aromatic heterocycles. The molecule has 1 aliphatic heterocycles. The second-order valence-electron chi connectivity index (χ2n) is 11.9. The lowest BCUT2D eigenvalue weighted by Gasteiger charge is -2.60. The molecule has 1 heterocycles. The maximum atomic E-state index is 13.5. The number of fused-ring (bicyclic) bond motifs is 1. The fraction of sp³-hybridized carbons (Fsp3) is 0.667. The summed E-state index contributed by atoms with van der Waals surface area (Å²) in [6.07, 6.45) is -1.00. The van der Waals surface area contributed by atoms with Crippen molar-refractivity contribution in [3.05, 3.63) is 36.0 Å². The molecule has 0 aromatic rings. The van der Waals surface area contributed by atoms with Gasteiger partial charge in [0.1, 0.15) is 30.5 Å². The molecular weight excluding hydrogens is 504 g/mol. The second-order valence-corrected chi connectivity index (χ2v) is 11.9. The third-order valence-corrected chi connectivity index (χ3v) is 9.43. The monoisotopic (exact) mass is 546 g/mol. The standard InChI is InChI=1S/C30H42O9/c1-9-16(3)26(34)38-20-12-11-18(5)29(8)24(20)28(7,19(6)23(32)25(29)33)13-21(39-27(35)17(4)10-2)30(36)14-22(31)37-15-30/h10,16,20-21,24-25,33,36H,5-6,9,11-15H2,1-4,7-8H3. The number of carbonyl (C=O) groups excluding carboxylic acids is 4. The van der Waals surface area contributed by atoms with Crippen molar-refractivity contribution in [2.45, 2.75) is 97.6 Å². The van der Waals surface area contributed by atoms with Gasteiger partial charge in [0.05, 0.1) is 12.3 Å². The number of hydrogen-bond donors (Lipinski definition) is 2. The Bertz CT molecular complexity index is 1110. The average Bonchev–Trinajstić information content (AvgIpc) is 3.26. The van der Waals surface area contributed by atoms with Gasteiger partial charge < -0.3 is 24.4 Å². The molecule has 0 aromatic carbocycles. The van der Waals surface area contributed by atoms with E-state index in [4.69, 9.17) is 14.2 Å². The van der Waals surface area contributed by atoms with Crippen LogP contribution >= 0.6 is 0 Å². The molecule has 2 saturated carbocycles. The minimum absolute atomic E-state index is 0.0643. The van der Waals surface area contributed by atoms with Crippen LogP contribution < -0.4 is 0 Å². The van der Waals surface area contributed by atoms with Crippen LogP contribution in [0, 0.1) is 22.7 Å². The molecule has 3 rings (SSSR count). The Hall–Kier alpha value is -2.78. The van der Waals surface area contributed by atoms with Crippen LogP contribution in [-0.2, 0) is 33.4 Å². The van der Waals surface area contributed by atoms with E-state index in [1.807, 2.05) is 6.92 Å². The molecule has 39 heavy (non-hydrogen) atoms. The number of ether oxygens (including phenoxy) is 3. The van der Waals surface area contributed by atoms with Crippen molar-refractivity contribution >= 4 is 23.7 Å². The molecule has 0 spiro atoms. The molecular formula is C30H42O9. The summed E-state index contributed by atoms with van der Waals surface area (Å²) in [5, 5.41) is 22.8. The van der Waals surface area contributed by atoms with Gasteiger partial charge >= 0.3 is 17.9 Å². The number of ketones is 1. The van der Waals surface area contributed by atoms with Gasteiger partial charge in [-0.2, -0.15) is 0 Å². The Morgan fingerprint density at radius 2 is 1.90 bits per heavy atom. The zero-order chi connectivity index (χ0) is 29.5. The van der Waals surface area contributed by atoms with E-state index >= 15 is 0 Å². The van der Waals surface area contributed by atoms with E-state index < -0.39 is 77.4 Å². The van der Waals surface area contributed by atoms with Crippen molar-refractivity contribution < 1.29 is 43.6 Å². The molecule has 2 N–H and O–H groups in total. The second kappa shape index (κ2) is 11.0. The van der Waals surface area contributed by atoms with Crippen LogP contribution in [0.3, 0.4) is 0 Å². The van der Waals surface area contributed by atoms with Crippen molar-refractivity contribution in [1.82, 2.24) is 0 Å². The number of aliphatic hydroxyl groups excluding tert-OH is 1. The first-order valence-corrected chi connectivity index (χ1v) is 13.6. The fourth-order valence-electron chi connectivity index (χ4n) is 6.34. The number of esters is 3. The minimum Gasteiger partial charge on any atom is -0.462 e. The van der Waals surface area contributed by atoms with Crippen LogP contribution in [0.4, 0.5) is 0 Å². The summed E-state index contributed by atoms with van der Waals surface area (Å²) in [5.74, 6) is -3.36. The molecule has 9 nitrogen and oxygen atoms in total. The van der Waals surface area contributed by atoms with Gasteiger partial charge in [-0.25, -0.2) is 4.79 Å². The molecule has 0 amide bonds. The molecule has 0 bridgehead atoms. The van der Waals surface area contributed by atoms with Crippen LogP contribution in [0.5, 0.6) is 0 Å². The lowest BCUT2D eigenvalue weighted by Crippen LogP contribution is -2.65. The number of carbonyl (C=O) groups is 4. The Balaban J connectivity index is 2.15. The number of Topliss-reactive ketones (excluding diaryl/α,β-unsaturated/α-hetero) is 1. The first-order valence-electron chi connectivity index (χ1n) is 13.6. The Kier molecular flexibility index (Phi) is 8.68. The van der Waals surface area contributed by atoms with Crippen molar-refractivity contribution in [2.24, 2.45) is 22.7 Å². The molecule has 0 radical (unpaired) electrons. The minimum atomic E-state index is -1.85. The predicted molar refractivity (Wildman–Crippen MR) is 142 cm³/mol. The quantitative estimate of drug-likeness (QED) is 0.203. The highest BCUT2D eigenvalue weighted by Gasteiger charge is 2.66. The van der Waals surface area contributed by atoms with E-state index in [0.29, 0.717) is 30.4 Å². The number of cyclic esters (lactones) is 1. The van der Waals surface area contributed by atoms with E-state index in [-0.39, 0.29) is 17.9 Å². The Morgan fingerprint density at radius 3 is 2.44 bits per heavy atom. The van der Waals surface area contributed by atoms with E-state index in [0.717, 1.165) is 0 Å². The highest BCUT2D eigenvalue weighted by molar-refractivity contribution is 6.01. The summed E-state index contributed by atoms with van der Waals surface area (Å²) in [6, 6.07) is 0. The normalized spacial score (nSPS) is 36.6. The largest absolute Gasteiger partial charge is 0.462 e. The maximum absolute atomic E-state index is 13.5. The van der Waals surface area contributed by atoms with Crippen molar-refractivity contribution in [3.63, 3.8) is 0 Å². The first-order chi connectivity index (χ1) is 18.1.